The van der Waals surface area contributed by atoms with Crippen LogP contribution in [-0.2, 0) is 4.79 Å². The van der Waals surface area contributed by atoms with E-state index in [1.54, 1.807) is 6.08 Å². The van der Waals surface area contributed by atoms with Crippen LogP contribution >= 0.6 is 0 Å². The Labute approximate surface area is 112 Å². The van der Waals surface area contributed by atoms with Crippen molar-refractivity contribution in [3.63, 3.8) is 0 Å². The van der Waals surface area contributed by atoms with Crippen molar-refractivity contribution in [3.8, 4) is 0 Å². The Morgan fingerprint density at radius 2 is 1.61 bits per heavy atom. The van der Waals surface area contributed by atoms with E-state index in [9.17, 15) is 0 Å². The third kappa shape index (κ3) is 29.3. The third-order valence-corrected chi connectivity index (χ3v) is 2.22. The predicted octanol–water partition coefficient (Wildman–Crippen LogP) is 5.13. The van der Waals surface area contributed by atoms with E-state index in [0.717, 1.165) is 6.92 Å². The molecule has 0 amide bonds. The molecule has 0 bridgehead atoms. The second kappa shape index (κ2) is 18.1. The summed E-state index contributed by atoms with van der Waals surface area (Å²) in [6.07, 6.45) is 19.6. The Morgan fingerprint density at radius 1 is 1.06 bits per heavy atom. The highest BCUT2D eigenvalue weighted by Crippen LogP contribution is 2.06. The summed E-state index contributed by atoms with van der Waals surface area (Å²) in [7, 11) is 0. The number of hydrogen-bond acceptors (Lipinski definition) is 1. The van der Waals surface area contributed by atoms with E-state index in [-0.39, 0.29) is 0 Å². The van der Waals surface area contributed by atoms with Crippen LogP contribution in [0.3, 0.4) is 0 Å². The van der Waals surface area contributed by atoms with Gasteiger partial charge >= 0.3 is 0 Å². The monoisotopic (exact) mass is 252 g/mol. The van der Waals surface area contributed by atoms with Gasteiger partial charge in [0.2, 0.25) is 0 Å². The van der Waals surface area contributed by atoms with E-state index in [4.69, 9.17) is 9.90 Å². The zero-order chi connectivity index (χ0) is 14.1. The van der Waals surface area contributed by atoms with Crippen LogP contribution in [0.25, 0.3) is 0 Å². The van der Waals surface area contributed by atoms with Gasteiger partial charge in [-0.15, -0.1) is 0 Å². The average molecular weight is 252 g/mol. The molecule has 0 spiro atoms. The molecule has 0 aromatic carbocycles. The number of aliphatic carboxylic acids is 1. The second-order valence-electron chi connectivity index (χ2n) is 4.12. The maximum Gasteiger partial charge on any atom is 0.300 e. The minimum Gasteiger partial charge on any atom is -0.481 e. The SMILES string of the molecule is C=C/C=C/C=C/CCCCCCCC.CC(=O)O. The first-order valence-electron chi connectivity index (χ1n) is 6.78. The summed E-state index contributed by atoms with van der Waals surface area (Å²) in [5.74, 6) is -0.833. The smallest absolute Gasteiger partial charge is 0.300 e. The van der Waals surface area contributed by atoms with E-state index in [0.29, 0.717) is 0 Å². The number of carboxylic acids is 1. The van der Waals surface area contributed by atoms with Crippen molar-refractivity contribution >= 4 is 5.97 Å². The van der Waals surface area contributed by atoms with Gasteiger partial charge in [0, 0.05) is 6.92 Å². The van der Waals surface area contributed by atoms with Crippen LogP contribution in [0.2, 0.25) is 0 Å². The van der Waals surface area contributed by atoms with Crippen LogP contribution in [0.5, 0.6) is 0 Å². The molecular weight excluding hydrogens is 224 g/mol. The van der Waals surface area contributed by atoms with Gasteiger partial charge in [0.05, 0.1) is 0 Å². The minimum absolute atomic E-state index is 0.833. The average Bonchev–Trinajstić information content (AvgIpc) is 2.31. The Morgan fingerprint density at radius 3 is 2.17 bits per heavy atom. The number of rotatable bonds is 9. The van der Waals surface area contributed by atoms with Crippen LogP contribution in [0, 0.1) is 0 Å². The largest absolute Gasteiger partial charge is 0.481 e. The lowest BCUT2D eigenvalue weighted by atomic mass is 10.1. The fourth-order valence-electron chi connectivity index (χ4n) is 1.36. The molecule has 0 aliphatic heterocycles. The minimum atomic E-state index is -0.833. The van der Waals surface area contributed by atoms with Crippen molar-refractivity contribution in [2.24, 2.45) is 0 Å². The van der Waals surface area contributed by atoms with Crippen molar-refractivity contribution in [3.05, 3.63) is 37.0 Å². The number of carboxylic acid groups (broad SMARTS) is 1. The van der Waals surface area contributed by atoms with Crippen LogP contribution < -0.4 is 0 Å². The van der Waals surface area contributed by atoms with Gasteiger partial charge in [-0.1, -0.05) is 76.0 Å². The normalized spacial score (nSPS) is 10.3. The first-order chi connectivity index (χ1) is 8.65. The lowest BCUT2D eigenvalue weighted by Crippen LogP contribution is -1.78. The summed E-state index contributed by atoms with van der Waals surface area (Å²) < 4.78 is 0. The number of hydrogen-bond donors (Lipinski definition) is 1. The molecule has 0 atom stereocenters. The highest BCUT2D eigenvalue weighted by molar-refractivity contribution is 5.62. The molecule has 2 nitrogen and oxygen atoms in total. The van der Waals surface area contributed by atoms with Crippen molar-refractivity contribution in [1.29, 1.82) is 0 Å². The Bertz CT molecular complexity index is 235. The van der Waals surface area contributed by atoms with E-state index in [2.05, 4.69) is 25.7 Å². The van der Waals surface area contributed by atoms with Gasteiger partial charge in [-0.2, -0.15) is 0 Å². The maximum atomic E-state index is 9.00. The van der Waals surface area contributed by atoms with E-state index >= 15 is 0 Å². The summed E-state index contributed by atoms with van der Waals surface area (Å²) in [4.78, 5) is 9.00. The first kappa shape index (κ1) is 19.0. The lowest BCUT2D eigenvalue weighted by molar-refractivity contribution is -0.134. The summed E-state index contributed by atoms with van der Waals surface area (Å²) >= 11 is 0. The van der Waals surface area contributed by atoms with Crippen molar-refractivity contribution in [1.82, 2.24) is 0 Å². The number of allylic oxidation sites excluding steroid dienone is 5. The van der Waals surface area contributed by atoms with Gasteiger partial charge in [0.1, 0.15) is 0 Å². The molecule has 1 N–H and O–H groups in total. The third-order valence-electron chi connectivity index (χ3n) is 2.22. The van der Waals surface area contributed by atoms with Gasteiger partial charge in [0.25, 0.3) is 5.97 Å². The molecule has 0 aliphatic carbocycles. The van der Waals surface area contributed by atoms with Crippen LogP contribution in [0.15, 0.2) is 37.0 Å². The molecule has 2 heteroatoms. The maximum absolute atomic E-state index is 9.00. The Hall–Kier alpha value is -1.31. The molecule has 0 radical (unpaired) electrons. The lowest BCUT2D eigenvalue weighted by Gasteiger charge is -1.97. The van der Waals surface area contributed by atoms with Crippen molar-refractivity contribution in [2.75, 3.05) is 0 Å². The second-order valence-corrected chi connectivity index (χ2v) is 4.12. The summed E-state index contributed by atoms with van der Waals surface area (Å²) in [5.41, 5.74) is 0. The fraction of sp³-hybridized carbons (Fsp3) is 0.562. The molecule has 0 aromatic rings. The molecule has 0 saturated carbocycles. The quantitative estimate of drug-likeness (QED) is 0.456. The summed E-state index contributed by atoms with van der Waals surface area (Å²) in [6.45, 7) is 6.96. The zero-order valence-corrected chi connectivity index (χ0v) is 11.9. The van der Waals surface area contributed by atoms with E-state index in [1.165, 1.54) is 44.9 Å². The highest BCUT2D eigenvalue weighted by atomic mass is 16.4. The number of unbranched alkanes of at least 4 members (excludes halogenated alkanes) is 6. The first-order valence-corrected chi connectivity index (χ1v) is 6.78. The van der Waals surface area contributed by atoms with E-state index in [1.807, 2.05) is 12.2 Å². The highest BCUT2D eigenvalue weighted by Gasteiger charge is 1.87. The molecule has 0 fully saturated rings. The number of carbonyl (C=O) groups is 1. The van der Waals surface area contributed by atoms with Gasteiger partial charge in [-0.3, -0.25) is 4.79 Å². The predicted molar refractivity (Wildman–Crippen MR) is 79.8 cm³/mol. The van der Waals surface area contributed by atoms with Gasteiger partial charge < -0.3 is 5.11 Å². The summed E-state index contributed by atoms with van der Waals surface area (Å²) in [5, 5.41) is 7.42. The van der Waals surface area contributed by atoms with Gasteiger partial charge in [-0.05, 0) is 12.8 Å². The zero-order valence-electron chi connectivity index (χ0n) is 11.9. The van der Waals surface area contributed by atoms with Crippen molar-refractivity contribution in [2.45, 2.75) is 58.8 Å². The molecule has 0 saturated heterocycles. The van der Waals surface area contributed by atoms with Gasteiger partial charge in [-0.25, -0.2) is 0 Å². The molecule has 104 valence electrons. The topological polar surface area (TPSA) is 37.3 Å². The van der Waals surface area contributed by atoms with Crippen molar-refractivity contribution < 1.29 is 9.90 Å². The molecule has 0 aliphatic rings. The Balaban J connectivity index is 0. The molecule has 18 heavy (non-hydrogen) atoms. The molecule has 0 aromatic heterocycles. The van der Waals surface area contributed by atoms with Crippen LogP contribution in [-0.4, -0.2) is 11.1 Å². The van der Waals surface area contributed by atoms with Gasteiger partial charge in [0.15, 0.2) is 0 Å². The fourth-order valence-corrected chi connectivity index (χ4v) is 1.36. The van der Waals surface area contributed by atoms with E-state index < -0.39 is 5.97 Å². The van der Waals surface area contributed by atoms with Crippen LogP contribution in [0.4, 0.5) is 0 Å². The van der Waals surface area contributed by atoms with Crippen LogP contribution in [0.1, 0.15) is 58.8 Å². The molecule has 0 heterocycles. The molecule has 0 unspecified atom stereocenters. The Kier molecular flexibility index (Phi) is 19.1. The molecule has 0 rings (SSSR count). The summed E-state index contributed by atoms with van der Waals surface area (Å²) in [6, 6.07) is 0. The molecular formula is C16H28O2. The standard InChI is InChI=1S/C14H24.C2H4O2/c1-3-5-7-9-11-13-14-12-10-8-6-4-2;1-2(3)4/h3,5,7,9,11H,1,4,6,8,10,12-14H2,2H3;1H3,(H,3,4)/b7-5+,11-9+;.